The van der Waals surface area contributed by atoms with Gasteiger partial charge in [-0.15, -0.1) is 6.42 Å². The van der Waals surface area contributed by atoms with E-state index in [-0.39, 0.29) is 12.1 Å². The zero-order valence-electron chi connectivity index (χ0n) is 13.2. The second-order valence-electron chi connectivity index (χ2n) is 6.35. The maximum atomic E-state index is 12.0. The van der Waals surface area contributed by atoms with Crippen LogP contribution in [0.2, 0.25) is 0 Å². The molecule has 0 aliphatic carbocycles. The first-order chi connectivity index (χ1) is 10.4. The normalized spacial score (nSPS) is 16.2. The molecule has 0 spiro atoms. The summed E-state index contributed by atoms with van der Waals surface area (Å²) in [4.78, 5) is 24.7. The van der Waals surface area contributed by atoms with Crippen molar-refractivity contribution in [3.05, 3.63) is 17.5 Å². The highest BCUT2D eigenvalue weighted by Crippen LogP contribution is 2.25. The van der Waals surface area contributed by atoms with Crippen LogP contribution in [0.5, 0.6) is 0 Å². The van der Waals surface area contributed by atoms with E-state index in [9.17, 15) is 9.59 Å². The Hall–Kier alpha value is -2.29. The molecule has 0 radical (unpaired) electrons. The maximum absolute atomic E-state index is 12.0. The van der Waals surface area contributed by atoms with Crippen LogP contribution < -0.4 is 0 Å². The molecule has 1 amide bonds. The Balaban J connectivity index is 2.01. The molecule has 6 heteroatoms. The summed E-state index contributed by atoms with van der Waals surface area (Å²) in [6.45, 7) is 6.71. The van der Waals surface area contributed by atoms with Gasteiger partial charge in [0.1, 0.15) is 11.3 Å². The van der Waals surface area contributed by atoms with Crippen LogP contribution in [0.4, 0.5) is 4.79 Å². The lowest BCUT2D eigenvalue weighted by atomic mass is 10.1. The Kier molecular flexibility index (Phi) is 4.55. The van der Waals surface area contributed by atoms with Crippen molar-refractivity contribution < 1.29 is 14.3 Å². The van der Waals surface area contributed by atoms with E-state index in [1.54, 1.807) is 9.58 Å². The molecular formula is C16H21N3O3. The summed E-state index contributed by atoms with van der Waals surface area (Å²) < 4.78 is 7.09. The van der Waals surface area contributed by atoms with E-state index in [0.29, 0.717) is 30.6 Å². The van der Waals surface area contributed by atoms with Gasteiger partial charge in [0, 0.05) is 13.1 Å². The van der Waals surface area contributed by atoms with Crippen LogP contribution in [0.3, 0.4) is 0 Å². The van der Waals surface area contributed by atoms with Crippen molar-refractivity contribution in [3.63, 3.8) is 0 Å². The van der Waals surface area contributed by atoms with Crippen molar-refractivity contribution in [2.45, 2.75) is 45.3 Å². The van der Waals surface area contributed by atoms with Crippen molar-refractivity contribution in [1.82, 2.24) is 14.7 Å². The van der Waals surface area contributed by atoms with Gasteiger partial charge in [0.15, 0.2) is 6.29 Å². The van der Waals surface area contributed by atoms with Crippen LogP contribution in [0.25, 0.3) is 0 Å². The zero-order valence-corrected chi connectivity index (χ0v) is 13.2. The first kappa shape index (κ1) is 16.1. The van der Waals surface area contributed by atoms with Gasteiger partial charge in [0.05, 0.1) is 17.8 Å². The average Bonchev–Trinajstić information content (AvgIpc) is 2.88. The van der Waals surface area contributed by atoms with Crippen molar-refractivity contribution in [2.24, 2.45) is 0 Å². The number of ether oxygens (including phenoxy) is 1. The van der Waals surface area contributed by atoms with Crippen LogP contribution >= 0.6 is 0 Å². The summed E-state index contributed by atoms with van der Waals surface area (Å²) in [7, 11) is 0. The summed E-state index contributed by atoms with van der Waals surface area (Å²) in [6, 6.07) is 0.0958. The lowest BCUT2D eigenvalue weighted by molar-refractivity contribution is 0.0184. The molecule has 0 unspecified atom stereocenters. The van der Waals surface area contributed by atoms with Gasteiger partial charge >= 0.3 is 6.09 Å². The van der Waals surface area contributed by atoms with Gasteiger partial charge in [0.2, 0.25) is 0 Å². The molecule has 1 aliphatic rings. The Morgan fingerprint density at radius 1 is 1.45 bits per heavy atom. The molecule has 0 bridgehead atoms. The first-order valence-corrected chi connectivity index (χ1v) is 7.33. The SMILES string of the molecule is C#Cc1c(C=O)cnn1C1CCN(C(=O)OC(C)(C)C)CC1. The molecule has 1 fully saturated rings. The number of aromatic nitrogens is 2. The highest BCUT2D eigenvalue weighted by molar-refractivity contribution is 5.77. The fraction of sp³-hybridized carbons (Fsp3) is 0.562. The van der Waals surface area contributed by atoms with Crippen LogP contribution in [-0.2, 0) is 4.74 Å². The minimum Gasteiger partial charge on any atom is -0.444 e. The van der Waals surface area contributed by atoms with Crippen molar-refractivity contribution in [3.8, 4) is 12.3 Å². The second kappa shape index (κ2) is 6.22. The number of rotatable bonds is 2. The predicted molar refractivity (Wildman–Crippen MR) is 81.6 cm³/mol. The molecule has 1 aromatic heterocycles. The van der Waals surface area contributed by atoms with E-state index in [4.69, 9.17) is 11.2 Å². The topological polar surface area (TPSA) is 64.4 Å². The molecule has 0 aromatic carbocycles. The summed E-state index contributed by atoms with van der Waals surface area (Å²) in [5.41, 5.74) is 0.439. The van der Waals surface area contributed by atoms with E-state index < -0.39 is 5.60 Å². The van der Waals surface area contributed by atoms with Gasteiger partial charge in [0.25, 0.3) is 0 Å². The minimum atomic E-state index is -0.495. The number of amides is 1. The van der Waals surface area contributed by atoms with Crippen LogP contribution in [0.15, 0.2) is 6.20 Å². The fourth-order valence-electron chi connectivity index (χ4n) is 2.51. The van der Waals surface area contributed by atoms with Gasteiger partial charge < -0.3 is 9.64 Å². The summed E-state index contributed by atoms with van der Waals surface area (Å²) in [5, 5.41) is 4.22. The van der Waals surface area contributed by atoms with Gasteiger partial charge in [-0.3, -0.25) is 9.48 Å². The third-order valence-electron chi connectivity index (χ3n) is 3.55. The Morgan fingerprint density at radius 2 is 2.09 bits per heavy atom. The molecule has 1 saturated heterocycles. The third kappa shape index (κ3) is 3.48. The number of hydrogen-bond acceptors (Lipinski definition) is 4. The fourth-order valence-corrected chi connectivity index (χ4v) is 2.51. The first-order valence-electron chi connectivity index (χ1n) is 7.33. The van der Waals surface area contributed by atoms with Gasteiger partial charge in [-0.05, 0) is 39.5 Å². The molecule has 0 N–H and O–H groups in total. The monoisotopic (exact) mass is 303 g/mol. The van der Waals surface area contributed by atoms with E-state index in [0.717, 1.165) is 12.8 Å². The number of hydrogen-bond donors (Lipinski definition) is 0. The number of likely N-dealkylation sites (tertiary alicyclic amines) is 1. The highest BCUT2D eigenvalue weighted by atomic mass is 16.6. The van der Waals surface area contributed by atoms with Crippen molar-refractivity contribution >= 4 is 12.4 Å². The maximum Gasteiger partial charge on any atom is 0.410 e. The zero-order chi connectivity index (χ0) is 16.3. The molecule has 2 rings (SSSR count). The lowest BCUT2D eigenvalue weighted by Crippen LogP contribution is -2.42. The molecule has 6 nitrogen and oxygen atoms in total. The van der Waals surface area contributed by atoms with E-state index >= 15 is 0 Å². The van der Waals surface area contributed by atoms with Crippen molar-refractivity contribution in [2.75, 3.05) is 13.1 Å². The number of carbonyl (C=O) groups excluding carboxylic acids is 2. The van der Waals surface area contributed by atoms with E-state index in [1.165, 1.54) is 6.20 Å². The molecule has 2 heterocycles. The molecule has 118 valence electrons. The largest absolute Gasteiger partial charge is 0.444 e. The predicted octanol–water partition coefficient (Wildman–Crippen LogP) is 2.25. The Bertz CT molecular complexity index is 599. The molecule has 22 heavy (non-hydrogen) atoms. The number of piperidine rings is 1. The van der Waals surface area contributed by atoms with Crippen LogP contribution in [0.1, 0.15) is 55.7 Å². The summed E-state index contributed by atoms with van der Waals surface area (Å²) in [6.07, 6.45) is 8.84. The Morgan fingerprint density at radius 3 is 2.59 bits per heavy atom. The summed E-state index contributed by atoms with van der Waals surface area (Å²) in [5.74, 6) is 2.52. The number of aldehydes is 1. The standard InChI is InChI=1S/C16H21N3O3/c1-5-14-12(11-20)10-17-19(14)13-6-8-18(9-7-13)15(21)22-16(2,3)4/h1,10-11,13H,6-9H2,2-4H3. The smallest absolute Gasteiger partial charge is 0.410 e. The quantitative estimate of drug-likeness (QED) is 0.621. The number of nitrogens with zero attached hydrogens (tertiary/aromatic N) is 3. The second-order valence-corrected chi connectivity index (χ2v) is 6.35. The number of terminal acetylenes is 1. The molecule has 0 atom stereocenters. The molecule has 0 saturated carbocycles. The summed E-state index contributed by atoms with van der Waals surface area (Å²) >= 11 is 0. The Labute approximate surface area is 130 Å². The molecule has 1 aliphatic heterocycles. The van der Waals surface area contributed by atoms with Crippen molar-refractivity contribution in [1.29, 1.82) is 0 Å². The van der Waals surface area contributed by atoms with Gasteiger partial charge in [-0.25, -0.2) is 4.79 Å². The average molecular weight is 303 g/mol. The minimum absolute atomic E-state index is 0.0958. The third-order valence-corrected chi connectivity index (χ3v) is 3.55. The van der Waals surface area contributed by atoms with E-state index in [2.05, 4.69) is 11.0 Å². The molecule has 1 aromatic rings. The van der Waals surface area contributed by atoms with Crippen LogP contribution in [0, 0.1) is 12.3 Å². The number of carbonyl (C=O) groups is 2. The van der Waals surface area contributed by atoms with Gasteiger partial charge in [-0.1, -0.05) is 0 Å². The van der Waals surface area contributed by atoms with Crippen LogP contribution in [-0.4, -0.2) is 45.8 Å². The molecular weight excluding hydrogens is 282 g/mol. The lowest BCUT2D eigenvalue weighted by Gasteiger charge is -2.33. The van der Waals surface area contributed by atoms with E-state index in [1.807, 2.05) is 20.8 Å². The highest BCUT2D eigenvalue weighted by Gasteiger charge is 2.28. The van der Waals surface area contributed by atoms with Gasteiger partial charge in [-0.2, -0.15) is 5.10 Å².